The molecule has 0 bridgehead atoms. The van der Waals surface area contributed by atoms with Crippen LogP contribution in [0.25, 0.3) is 27.9 Å². The van der Waals surface area contributed by atoms with Crippen LogP contribution < -0.4 is 4.18 Å². The molecular weight excluding hydrogens is 398 g/mol. The average molecular weight is 417 g/mol. The smallest absolute Gasteiger partial charge is 0.368 e. The molecule has 0 saturated heterocycles. The highest BCUT2D eigenvalue weighted by Crippen LogP contribution is 2.45. The lowest BCUT2D eigenvalue weighted by Crippen LogP contribution is -2.27. The zero-order chi connectivity index (χ0) is 21.3. The summed E-state index contributed by atoms with van der Waals surface area (Å²) in [4.78, 5) is 0. The van der Waals surface area contributed by atoms with Gasteiger partial charge in [-0.1, -0.05) is 60.7 Å². The number of benzene rings is 2. The third-order valence-corrected chi connectivity index (χ3v) is 6.04. The molecule has 6 nitrogen and oxygen atoms in total. The second-order valence-electron chi connectivity index (χ2n) is 6.89. The largest absolute Gasteiger partial charge is 0.384 e. The van der Waals surface area contributed by atoms with Gasteiger partial charge in [-0.2, -0.15) is 18.0 Å². The molecule has 150 valence electrons. The van der Waals surface area contributed by atoms with Crippen LogP contribution in [0.5, 0.6) is 5.75 Å². The maximum Gasteiger partial charge on any atom is 0.384 e. The molecule has 2 aromatic carbocycles. The van der Waals surface area contributed by atoms with Gasteiger partial charge in [-0.05, 0) is 23.3 Å². The van der Waals surface area contributed by atoms with Gasteiger partial charge in [0.05, 0.1) is 28.4 Å². The van der Waals surface area contributed by atoms with Gasteiger partial charge in [0.1, 0.15) is 0 Å². The van der Waals surface area contributed by atoms with Crippen LogP contribution in [0.3, 0.4) is 0 Å². The van der Waals surface area contributed by atoms with Crippen LogP contribution in [0, 0.1) is 11.3 Å². The van der Waals surface area contributed by atoms with Crippen molar-refractivity contribution in [2.45, 2.75) is 0 Å². The summed E-state index contributed by atoms with van der Waals surface area (Å²) in [6, 6.07) is 24.6. The van der Waals surface area contributed by atoms with E-state index >= 15 is 0 Å². The van der Waals surface area contributed by atoms with Gasteiger partial charge in [-0.3, -0.25) is 0 Å². The Hall–Kier alpha value is -3.60. The van der Waals surface area contributed by atoms with Gasteiger partial charge in [0.25, 0.3) is 0 Å². The molecule has 4 aromatic rings. The highest BCUT2D eigenvalue weighted by Gasteiger charge is 2.27. The molecule has 2 aromatic heterocycles. The predicted molar refractivity (Wildman–Crippen MR) is 116 cm³/mol. The Morgan fingerprint density at radius 3 is 2.10 bits per heavy atom. The van der Waals surface area contributed by atoms with Crippen molar-refractivity contribution in [3.63, 3.8) is 0 Å². The Kier molecular flexibility index (Phi) is 5.04. The molecule has 0 unspecified atom stereocenters. The first-order valence-electron chi connectivity index (χ1n) is 9.23. The summed E-state index contributed by atoms with van der Waals surface area (Å²) < 4.78 is 33.8. The summed E-state index contributed by atoms with van der Waals surface area (Å²) in [5.41, 5.74) is 4.03. The van der Waals surface area contributed by atoms with E-state index in [-0.39, 0.29) is 5.75 Å². The lowest BCUT2D eigenvalue weighted by Gasteiger charge is -2.13. The van der Waals surface area contributed by atoms with Crippen molar-refractivity contribution in [1.29, 1.82) is 5.26 Å². The number of pyridine rings is 1. The van der Waals surface area contributed by atoms with Crippen molar-refractivity contribution >= 4 is 15.8 Å². The standard InChI is InChI=1S/C23H19N3O3S/c1-25(2)30(27,28)29-23-20-15-17(16-24)13-14-26(20)22(19-11-7-4-8-12-19)21(23)18-9-5-3-6-10-18/h3-15H,1-2H3. The van der Waals surface area contributed by atoms with Gasteiger partial charge >= 0.3 is 10.3 Å². The molecule has 0 saturated carbocycles. The average Bonchev–Trinajstić information content (AvgIpc) is 3.07. The molecule has 0 aliphatic rings. The van der Waals surface area contributed by atoms with Crippen LogP contribution in [0.15, 0.2) is 79.0 Å². The third kappa shape index (κ3) is 3.43. The topological polar surface area (TPSA) is 74.8 Å². The number of rotatable bonds is 5. The van der Waals surface area contributed by atoms with E-state index in [4.69, 9.17) is 4.18 Å². The first-order valence-corrected chi connectivity index (χ1v) is 10.6. The molecule has 0 fully saturated rings. The van der Waals surface area contributed by atoms with E-state index in [9.17, 15) is 13.7 Å². The van der Waals surface area contributed by atoms with Crippen LogP contribution in [-0.2, 0) is 10.3 Å². The van der Waals surface area contributed by atoms with E-state index in [0.29, 0.717) is 16.6 Å². The number of aromatic nitrogens is 1. The maximum atomic E-state index is 12.7. The van der Waals surface area contributed by atoms with Crippen molar-refractivity contribution in [2.75, 3.05) is 14.1 Å². The molecule has 7 heteroatoms. The van der Waals surface area contributed by atoms with E-state index in [1.54, 1.807) is 18.3 Å². The monoisotopic (exact) mass is 417 g/mol. The molecule has 0 spiro atoms. The highest BCUT2D eigenvalue weighted by molar-refractivity contribution is 7.84. The van der Waals surface area contributed by atoms with Crippen LogP contribution in [0.2, 0.25) is 0 Å². The van der Waals surface area contributed by atoms with Crippen LogP contribution in [0.1, 0.15) is 5.56 Å². The normalized spacial score (nSPS) is 11.5. The Morgan fingerprint density at radius 1 is 0.933 bits per heavy atom. The molecule has 0 amide bonds. The molecular formula is C23H19N3O3S. The second kappa shape index (κ2) is 7.67. The van der Waals surface area contributed by atoms with Gasteiger partial charge in [-0.25, -0.2) is 0 Å². The summed E-state index contributed by atoms with van der Waals surface area (Å²) in [6.07, 6.45) is 1.76. The molecule has 0 aliphatic carbocycles. The first kappa shape index (κ1) is 19.7. The predicted octanol–water partition coefficient (Wildman–Crippen LogP) is 4.33. The van der Waals surface area contributed by atoms with Crippen molar-refractivity contribution in [3.05, 3.63) is 84.6 Å². The molecule has 0 atom stereocenters. The third-order valence-electron chi connectivity index (χ3n) is 4.77. The Bertz CT molecular complexity index is 1350. The Morgan fingerprint density at radius 2 is 1.53 bits per heavy atom. The lowest BCUT2D eigenvalue weighted by molar-refractivity contribution is 0.424. The quantitative estimate of drug-likeness (QED) is 0.484. The van der Waals surface area contributed by atoms with E-state index in [1.807, 2.05) is 65.1 Å². The summed E-state index contributed by atoms with van der Waals surface area (Å²) in [5, 5.41) is 9.39. The van der Waals surface area contributed by atoms with Crippen molar-refractivity contribution < 1.29 is 12.6 Å². The van der Waals surface area contributed by atoms with Gasteiger partial charge in [-0.15, -0.1) is 0 Å². The van der Waals surface area contributed by atoms with E-state index < -0.39 is 10.3 Å². The van der Waals surface area contributed by atoms with Crippen LogP contribution in [-0.4, -0.2) is 31.2 Å². The molecule has 2 heterocycles. The highest BCUT2D eigenvalue weighted by atomic mass is 32.2. The zero-order valence-corrected chi connectivity index (χ0v) is 17.3. The maximum absolute atomic E-state index is 12.7. The molecule has 0 aliphatic heterocycles. The number of hydrogen-bond acceptors (Lipinski definition) is 4. The minimum absolute atomic E-state index is 0.186. The number of hydrogen-bond donors (Lipinski definition) is 0. The van der Waals surface area contributed by atoms with Crippen molar-refractivity contribution in [3.8, 4) is 34.2 Å². The minimum atomic E-state index is -4.02. The minimum Gasteiger partial charge on any atom is -0.368 e. The van der Waals surface area contributed by atoms with E-state index in [0.717, 1.165) is 21.1 Å². The summed E-state index contributed by atoms with van der Waals surface area (Å²) >= 11 is 0. The van der Waals surface area contributed by atoms with Crippen molar-refractivity contribution in [1.82, 2.24) is 8.71 Å². The van der Waals surface area contributed by atoms with E-state index in [1.165, 1.54) is 14.1 Å². The van der Waals surface area contributed by atoms with Crippen LogP contribution >= 0.6 is 0 Å². The number of nitrogens with zero attached hydrogens (tertiary/aromatic N) is 3. The zero-order valence-electron chi connectivity index (χ0n) is 16.5. The lowest BCUT2D eigenvalue weighted by atomic mass is 10.0. The fraction of sp³-hybridized carbons (Fsp3) is 0.0870. The first-order chi connectivity index (χ1) is 14.4. The summed E-state index contributed by atoms with van der Waals surface area (Å²) in [5.74, 6) is 0.186. The van der Waals surface area contributed by atoms with Crippen molar-refractivity contribution in [2.24, 2.45) is 0 Å². The summed E-state index contributed by atoms with van der Waals surface area (Å²) in [6.45, 7) is 0. The van der Waals surface area contributed by atoms with Gasteiger partial charge in [0, 0.05) is 20.3 Å². The van der Waals surface area contributed by atoms with Gasteiger partial charge in [0.15, 0.2) is 5.75 Å². The number of nitriles is 1. The fourth-order valence-electron chi connectivity index (χ4n) is 3.31. The molecule has 4 rings (SSSR count). The molecule has 30 heavy (non-hydrogen) atoms. The number of fused-ring (bicyclic) bond motifs is 1. The van der Waals surface area contributed by atoms with E-state index in [2.05, 4.69) is 6.07 Å². The second-order valence-corrected chi connectivity index (χ2v) is 8.64. The molecule has 0 N–H and O–H groups in total. The van der Waals surface area contributed by atoms with Gasteiger partial charge < -0.3 is 8.58 Å². The molecule has 0 radical (unpaired) electrons. The van der Waals surface area contributed by atoms with Gasteiger partial charge in [0.2, 0.25) is 0 Å². The van der Waals surface area contributed by atoms with Crippen LogP contribution in [0.4, 0.5) is 0 Å². The SMILES string of the molecule is CN(C)S(=O)(=O)Oc1c(-c2ccccc2)c(-c2ccccc2)n2ccc(C#N)cc12. The Labute approximate surface area is 175 Å². The summed E-state index contributed by atoms with van der Waals surface area (Å²) in [7, 11) is -1.20. The fourth-order valence-corrected chi connectivity index (χ4v) is 3.84. The Balaban J connectivity index is 2.15.